The predicted octanol–water partition coefficient (Wildman–Crippen LogP) is 4.75. The number of hydrogen-bond donors (Lipinski definition) is 0. The van der Waals surface area contributed by atoms with Gasteiger partial charge in [-0.15, -0.1) is 12.4 Å². The Labute approximate surface area is 148 Å². The average molecular weight is 336 g/mol. The van der Waals surface area contributed by atoms with Crippen molar-refractivity contribution in [3.05, 3.63) is 96.6 Å². The molecule has 0 unspecified atom stereocenters. The molecule has 0 bridgehead atoms. The van der Waals surface area contributed by atoms with Gasteiger partial charge in [0.15, 0.2) is 0 Å². The van der Waals surface area contributed by atoms with E-state index >= 15 is 0 Å². The van der Waals surface area contributed by atoms with Gasteiger partial charge in [0.2, 0.25) is 0 Å². The van der Waals surface area contributed by atoms with Gasteiger partial charge in [-0.05, 0) is 29.8 Å². The highest BCUT2D eigenvalue weighted by Crippen LogP contribution is 2.27. The van der Waals surface area contributed by atoms with Crippen molar-refractivity contribution in [2.24, 2.45) is 5.10 Å². The zero-order valence-electron chi connectivity index (χ0n) is 13.1. The molecule has 0 aliphatic carbocycles. The van der Waals surface area contributed by atoms with Crippen LogP contribution >= 0.6 is 12.4 Å². The third-order valence-electron chi connectivity index (χ3n) is 3.89. The summed E-state index contributed by atoms with van der Waals surface area (Å²) in [6.45, 7) is 0.753. The first-order valence-corrected chi connectivity index (χ1v) is 7.72. The Hall–Kier alpha value is -2.78. The van der Waals surface area contributed by atoms with E-state index in [-0.39, 0.29) is 12.4 Å². The molecule has 0 atom stereocenters. The van der Waals surface area contributed by atoms with Gasteiger partial charge in [0, 0.05) is 0 Å². The minimum atomic E-state index is 0. The Morgan fingerprint density at radius 2 is 1.12 bits per heavy atom. The van der Waals surface area contributed by atoms with E-state index in [0.717, 1.165) is 29.2 Å². The molecular weight excluding hydrogens is 318 g/mol. The van der Waals surface area contributed by atoms with Gasteiger partial charge in [-0.2, -0.15) is 10.2 Å². The summed E-state index contributed by atoms with van der Waals surface area (Å²) in [5, 5.41) is 9.04. The molecule has 4 rings (SSSR count). The van der Waals surface area contributed by atoms with Crippen LogP contribution < -0.4 is 10.1 Å². The van der Waals surface area contributed by atoms with E-state index in [2.05, 4.69) is 65.7 Å². The maximum absolute atomic E-state index is 4.86. The minimum Gasteiger partial charge on any atom is -0.259 e. The summed E-state index contributed by atoms with van der Waals surface area (Å²) in [4.78, 5) is 0. The highest BCUT2D eigenvalue weighted by Gasteiger charge is 2.26. The third-order valence-corrected chi connectivity index (χ3v) is 3.89. The molecule has 0 amide bonds. The number of halogens is 1. The van der Waals surface area contributed by atoms with Crippen LogP contribution in [0.4, 0.5) is 11.4 Å². The molecule has 1 aliphatic rings. The fraction of sp³-hybridized carbons (Fsp3) is 0.0500. The van der Waals surface area contributed by atoms with Gasteiger partial charge in [0.1, 0.15) is 0 Å². The number of hydrogen-bond acceptors (Lipinski definition) is 3. The van der Waals surface area contributed by atoms with E-state index in [1.807, 2.05) is 35.4 Å². The van der Waals surface area contributed by atoms with Crippen molar-refractivity contribution in [1.82, 2.24) is 0 Å². The highest BCUT2D eigenvalue weighted by atomic mass is 35.5. The topological polar surface area (TPSA) is 18.8 Å². The van der Waals surface area contributed by atoms with E-state index in [1.165, 1.54) is 0 Å². The molecule has 3 aromatic rings. The van der Waals surface area contributed by atoms with E-state index in [9.17, 15) is 0 Å². The van der Waals surface area contributed by atoms with Gasteiger partial charge in [-0.25, -0.2) is 0 Å². The van der Waals surface area contributed by atoms with Gasteiger partial charge in [0.05, 0.1) is 23.6 Å². The van der Waals surface area contributed by atoms with Crippen molar-refractivity contribution in [3.8, 4) is 0 Å². The van der Waals surface area contributed by atoms with Crippen molar-refractivity contribution < 1.29 is 0 Å². The summed E-state index contributed by atoms with van der Waals surface area (Å²) in [5.74, 6) is 0. The van der Waals surface area contributed by atoms with Crippen molar-refractivity contribution in [2.45, 2.75) is 0 Å². The molecule has 4 heteroatoms. The SMILES string of the molecule is Cl.c1ccc(C2=NN(c3ccccc3)N(c3ccccc3)C2)cc1. The number of nitrogens with zero attached hydrogens (tertiary/aromatic N) is 3. The second-order valence-corrected chi connectivity index (χ2v) is 5.43. The fourth-order valence-electron chi connectivity index (χ4n) is 2.75. The predicted molar refractivity (Wildman–Crippen MR) is 103 cm³/mol. The van der Waals surface area contributed by atoms with Gasteiger partial charge in [-0.1, -0.05) is 66.7 Å². The third kappa shape index (κ3) is 3.12. The molecular formula is C20H18ClN3. The largest absolute Gasteiger partial charge is 0.259 e. The summed E-state index contributed by atoms with van der Waals surface area (Å²) in [5.41, 5.74) is 4.42. The zero-order valence-corrected chi connectivity index (χ0v) is 13.9. The number of hydrazone groups is 1. The number of rotatable bonds is 3. The second-order valence-electron chi connectivity index (χ2n) is 5.43. The molecule has 0 N–H and O–H groups in total. The Morgan fingerprint density at radius 1 is 0.625 bits per heavy atom. The lowest BCUT2D eigenvalue weighted by Crippen LogP contribution is -2.35. The van der Waals surface area contributed by atoms with Crippen LogP contribution in [0.2, 0.25) is 0 Å². The standard InChI is InChI=1S/C20H17N3.ClH/c1-4-10-17(11-5-1)20-16-22(18-12-6-2-7-13-18)23(21-20)19-14-8-3-9-15-19;/h1-15H,16H2;1H. The molecule has 0 saturated carbocycles. The number of para-hydroxylation sites is 2. The van der Waals surface area contributed by atoms with Crippen LogP contribution in [0.15, 0.2) is 96.1 Å². The Morgan fingerprint density at radius 3 is 1.71 bits per heavy atom. The highest BCUT2D eigenvalue weighted by molar-refractivity contribution is 6.06. The summed E-state index contributed by atoms with van der Waals surface area (Å²) in [6, 6.07) is 31.0. The Balaban J connectivity index is 0.00000169. The first kappa shape index (κ1) is 16.1. The molecule has 0 spiro atoms. The van der Waals surface area contributed by atoms with Gasteiger partial charge in [-0.3, -0.25) is 5.01 Å². The van der Waals surface area contributed by atoms with Crippen molar-refractivity contribution in [2.75, 3.05) is 16.7 Å². The summed E-state index contributed by atoms with van der Waals surface area (Å²) < 4.78 is 0. The quantitative estimate of drug-likeness (QED) is 0.687. The average Bonchev–Trinajstić information content (AvgIpc) is 3.09. The Kier molecular flexibility index (Phi) is 4.82. The second kappa shape index (κ2) is 7.20. The number of anilines is 2. The van der Waals surface area contributed by atoms with Crippen LogP contribution in [-0.2, 0) is 0 Å². The van der Waals surface area contributed by atoms with E-state index in [4.69, 9.17) is 5.10 Å². The molecule has 0 aromatic heterocycles. The van der Waals surface area contributed by atoms with Gasteiger partial charge >= 0.3 is 0 Å². The van der Waals surface area contributed by atoms with Crippen LogP contribution in [-0.4, -0.2) is 12.3 Å². The fourth-order valence-corrected chi connectivity index (χ4v) is 2.75. The van der Waals surface area contributed by atoms with Crippen molar-refractivity contribution in [3.63, 3.8) is 0 Å². The normalized spacial score (nSPS) is 13.4. The zero-order chi connectivity index (χ0) is 15.5. The molecule has 1 aliphatic heterocycles. The smallest absolute Gasteiger partial charge is 0.0917 e. The van der Waals surface area contributed by atoms with Gasteiger partial charge < -0.3 is 0 Å². The van der Waals surface area contributed by atoms with E-state index < -0.39 is 0 Å². The summed E-state index contributed by atoms with van der Waals surface area (Å²) >= 11 is 0. The maximum Gasteiger partial charge on any atom is 0.0917 e. The van der Waals surface area contributed by atoms with E-state index in [0.29, 0.717) is 0 Å². The Bertz CT molecular complexity index is 804. The van der Waals surface area contributed by atoms with Gasteiger partial charge in [0.25, 0.3) is 0 Å². The molecule has 1 heterocycles. The minimum absolute atomic E-state index is 0. The molecule has 120 valence electrons. The first-order valence-electron chi connectivity index (χ1n) is 7.72. The molecule has 3 aromatic carbocycles. The maximum atomic E-state index is 4.86. The van der Waals surface area contributed by atoms with Crippen LogP contribution in [0, 0.1) is 0 Å². The molecule has 0 fully saturated rings. The lowest BCUT2D eigenvalue weighted by Gasteiger charge is -2.28. The lowest BCUT2D eigenvalue weighted by molar-refractivity contribution is 0.853. The summed E-state index contributed by atoms with van der Waals surface area (Å²) in [7, 11) is 0. The summed E-state index contributed by atoms with van der Waals surface area (Å²) in [6.07, 6.45) is 0. The molecule has 24 heavy (non-hydrogen) atoms. The molecule has 0 radical (unpaired) electrons. The van der Waals surface area contributed by atoms with Crippen molar-refractivity contribution in [1.29, 1.82) is 0 Å². The lowest BCUT2D eigenvalue weighted by atomic mass is 10.1. The van der Waals surface area contributed by atoms with Crippen LogP contribution in [0.25, 0.3) is 0 Å². The van der Waals surface area contributed by atoms with Crippen LogP contribution in [0.1, 0.15) is 5.56 Å². The molecule has 0 saturated heterocycles. The van der Waals surface area contributed by atoms with Crippen LogP contribution in [0.5, 0.6) is 0 Å². The monoisotopic (exact) mass is 335 g/mol. The molecule has 3 nitrogen and oxygen atoms in total. The first-order chi connectivity index (χ1) is 11.4. The van der Waals surface area contributed by atoms with E-state index in [1.54, 1.807) is 0 Å². The number of benzene rings is 3. The van der Waals surface area contributed by atoms with Crippen molar-refractivity contribution >= 4 is 29.5 Å². The van der Waals surface area contributed by atoms with Crippen LogP contribution in [0.3, 0.4) is 0 Å². The number of hydrazine groups is 1.